The van der Waals surface area contributed by atoms with E-state index in [0.29, 0.717) is 11.5 Å². The lowest BCUT2D eigenvalue weighted by atomic mass is 10.1. The summed E-state index contributed by atoms with van der Waals surface area (Å²) >= 11 is 0. The number of nitrogens with two attached hydrogens (primary N) is 1. The third-order valence-corrected chi connectivity index (χ3v) is 3.05. The second-order valence-electron chi connectivity index (χ2n) is 4.62. The molecule has 3 rings (SSSR count). The summed E-state index contributed by atoms with van der Waals surface area (Å²) in [4.78, 5) is 22.9. The summed E-state index contributed by atoms with van der Waals surface area (Å²) in [5.41, 5.74) is 6.38. The summed E-state index contributed by atoms with van der Waals surface area (Å²) in [7, 11) is 0. The average Bonchev–Trinajstić information content (AvgIpc) is 2.99. The van der Waals surface area contributed by atoms with Crippen molar-refractivity contribution in [2.75, 3.05) is 0 Å². The molecule has 1 amide bonds. The maximum absolute atomic E-state index is 11.8. The Hall–Kier alpha value is -3.22. The largest absolute Gasteiger partial charge is 0.364 e. The van der Waals surface area contributed by atoms with E-state index in [1.54, 1.807) is 6.07 Å². The molecule has 0 aliphatic carbocycles. The van der Waals surface area contributed by atoms with Gasteiger partial charge in [0.1, 0.15) is 17.9 Å². The third kappa shape index (κ3) is 2.78. The van der Waals surface area contributed by atoms with E-state index in [4.69, 9.17) is 10.3 Å². The van der Waals surface area contributed by atoms with Gasteiger partial charge in [0.25, 0.3) is 11.5 Å². The molecule has 1 aromatic carbocycles. The van der Waals surface area contributed by atoms with E-state index in [2.05, 4.69) is 10.3 Å². The van der Waals surface area contributed by atoms with E-state index in [0.717, 1.165) is 10.2 Å². The van der Waals surface area contributed by atoms with Gasteiger partial charge in [0.2, 0.25) is 0 Å². The molecule has 2 aromatic heterocycles. The first kappa shape index (κ1) is 13.7. The number of carbonyl (C=O) groups excluding carboxylic acids is 1. The number of hydrogen-bond acceptors (Lipinski definition) is 5. The molecule has 0 radical (unpaired) electrons. The molecule has 0 aliphatic heterocycles. The lowest BCUT2D eigenvalue weighted by Gasteiger charge is -2.02. The second kappa shape index (κ2) is 5.65. The number of carbonyl (C=O) groups is 1. The van der Waals surface area contributed by atoms with Crippen LogP contribution in [0.1, 0.15) is 16.2 Å². The van der Waals surface area contributed by atoms with Gasteiger partial charge in [-0.1, -0.05) is 35.5 Å². The standard InChI is InChI=1S/C15H12N4O3/c16-15(21)12-6-7-14(20)19(17-12)9-11-8-13(18-22-11)10-4-2-1-3-5-10/h1-8H,9H2,(H2,16,21). The summed E-state index contributed by atoms with van der Waals surface area (Å²) in [6, 6.07) is 13.7. The van der Waals surface area contributed by atoms with Crippen molar-refractivity contribution >= 4 is 5.91 Å². The fourth-order valence-corrected chi connectivity index (χ4v) is 1.97. The Balaban J connectivity index is 1.88. The van der Waals surface area contributed by atoms with Crippen LogP contribution in [0.3, 0.4) is 0 Å². The molecule has 2 heterocycles. The van der Waals surface area contributed by atoms with E-state index in [1.807, 2.05) is 30.3 Å². The number of amides is 1. The van der Waals surface area contributed by atoms with E-state index in [1.165, 1.54) is 12.1 Å². The molecule has 0 unspecified atom stereocenters. The maximum atomic E-state index is 11.8. The van der Waals surface area contributed by atoms with Crippen molar-refractivity contribution in [2.24, 2.45) is 5.73 Å². The smallest absolute Gasteiger partial charge is 0.269 e. The fraction of sp³-hybridized carbons (Fsp3) is 0.0667. The SMILES string of the molecule is NC(=O)c1ccc(=O)n(Cc2cc(-c3ccccc3)no2)n1. The molecule has 0 fully saturated rings. The van der Waals surface area contributed by atoms with Crippen LogP contribution in [0, 0.1) is 0 Å². The van der Waals surface area contributed by atoms with Crippen LogP contribution in [0.15, 0.2) is 57.8 Å². The number of primary amides is 1. The van der Waals surface area contributed by atoms with Gasteiger partial charge in [0.05, 0.1) is 0 Å². The minimum atomic E-state index is -0.698. The Morgan fingerprint density at radius 2 is 1.95 bits per heavy atom. The minimum Gasteiger partial charge on any atom is -0.364 e. The zero-order valence-corrected chi connectivity index (χ0v) is 11.5. The monoisotopic (exact) mass is 296 g/mol. The highest BCUT2D eigenvalue weighted by Crippen LogP contribution is 2.18. The lowest BCUT2D eigenvalue weighted by Crippen LogP contribution is -2.26. The molecule has 0 saturated heterocycles. The first-order valence-corrected chi connectivity index (χ1v) is 6.52. The van der Waals surface area contributed by atoms with Gasteiger partial charge in [-0.25, -0.2) is 4.68 Å². The van der Waals surface area contributed by atoms with Gasteiger partial charge in [0, 0.05) is 17.7 Å². The summed E-state index contributed by atoms with van der Waals surface area (Å²) in [6.07, 6.45) is 0. The number of aromatic nitrogens is 3. The predicted molar refractivity (Wildman–Crippen MR) is 78.1 cm³/mol. The van der Waals surface area contributed by atoms with Crippen LogP contribution in [-0.4, -0.2) is 20.8 Å². The van der Waals surface area contributed by atoms with Crippen LogP contribution in [0.5, 0.6) is 0 Å². The molecule has 0 bridgehead atoms. The van der Waals surface area contributed by atoms with Crippen LogP contribution in [0.2, 0.25) is 0 Å². The number of nitrogens with zero attached hydrogens (tertiary/aromatic N) is 3. The molecule has 22 heavy (non-hydrogen) atoms. The first-order valence-electron chi connectivity index (χ1n) is 6.52. The highest BCUT2D eigenvalue weighted by atomic mass is 16.5. The molecule has 0 aliphatic rings. The number of rotatable bonds is 4. The average molecular weight is 296 g/mol. The van der Waals surface area contributed by atoms with Gasteiger partial charge in [-0.3, -0.25) is 9.59 Å². The molecule has 0 saturated carbocycles. The van der Waals surface area contributed by atoms with Crippen molar-refractivity contribution in [3.63, 3.8) is 0 Å². The zero-order valence-electron chi connectivity index (χ0n) is 11.5. The van der Waals surface area contributed by atoms with Crippen molar-refractivity contribution in [1.82, 2.24) is 14.9 Å². The molecule has 7 nitrogen and oxygen atoms in total. The normalized spacial score (nSPS) is 10.5. The molecule has 0 atom stereocenters. The maximum Gasteiger partial charge on any atom is 0.269 e. The summed E-state index contributed by atoms with van der Waals surface area (Å²) in [5, 5.41) is 7.85. The van der Waals surface area contributed by atoms with Crippen LogP contribution in [-0.2, 0) is 6.54 Å². The van der Waals surface area contributed by atoms with E-state index in [9.17, 15) is 9.59 Å². The third-order valence-electron chi connectivity index (χ3n) is 3.05. The zero-order chi connectivity index (χ0) is 15.5. The Bertz CT molecular complexity index is 868. The van der Waals surface area contributed by atoms with Gasteiger partial charge < -0.3 is 10.3 Å². The van der Waals surface area contributed by atoms with Crippen LogP contribution >= 0.6 is 0 Å². The molecular weight excluding hydrogens is 284 g/mol. The fourth-order valence-electron chi connectivity index (χ4n) is 1.97. The Morgan fingerprint density at radius 3 is 2.68 bits per heavy atom. The minimum absolute atomic E-state index is 0.0161. The van der Waals surface area contributed by atoms with Crippen molar-refractivity contribution < 1.29 is 9.32 Å². The molecule has 110 valence electrons. The van der Waals surface area contributed by atoms with E-state index < -0.39 is 5.91 Å². The summed E-state index contributed by atoms with van der Waals surface area (Å²) in [5.74, 6) is -0.244. The quantitative estimate of drug-likeness (QED) is 0.774. The Morgan fingerprint density at radius 1 is 1.18 bits per heavy atom. The van der Waals surface area contributed by atoms with Gasteiger partial charge >= 0.3 is 0 Å². The van der Waals surface area contributed by atoms with Gasteiger partial charge in [-0.15, -0.1) is 0 Å². The molecule has 7 heteroatoms. The topological polar surface area (TPSA) is 104 Å². The lowest BCUT2D eigenvalue weighted by molar-refractivity contribution is 0.0993. The molecule has 0 spiro atoms. The van der Waals surface area contributed by atoms with Crippen molar-refractivity contribution in [2.45, 2.75) is 6.54 Å². The van der Waals surface area contributed by atoms with Crippen molar-refractivity contribution in [1.29, 1.82) is 0 Å². The summed E-state index contributed by atoms with van der Waals surface area (Å²) in [6.45, 7) is 0.0692. The number of hydrogen-bond donors (Lipinski definition) is 1. The van der Waals surface area contributed by atoms with Crippen molar-refractivity contribution in [3.05, 3.63) is 70.3 Å². The van der Waals surface area contributed by atoms with E-state index in [-0.39, 0.29) is 17.8 Å². The van der Waals surface area contributed by atoms with Crippen LogP contribution in [0.25, 0.3) is 11.3 Å². The first-order chi connectivity index (χ1) is 10.6. The molecule has 2 N–H and O–H groups in total. The number of benzene rings is 1. The van der Waals surface area contributed by atoms with Gasteiger partial charge in [-0.2, -0.15) is 5.10 Å². The van der Waals surface area contributed by atoms with Crippen molar-refractivity contribution in [3.8, 4) is 11.3 Å². The Kier molecular flexibility index (Phi) is 3.53. The van der Waals surface area contributed by atoms with Gasteiger partial charge in [-0.05, 0) is 6.07 Å². The molecule has 3 aromatic rings. The highest BCUT2D eigenvalue weighted by molar-refractivity contribution is 5.90. The van der Waals surface area contributed by atoms with Crippen LogP contribution in [0.4, 0.5) is 0 Å². The van der Waals surface area contributed by atoms with Gasteiger partial charge in [0.15, 0.2) is 5.76 Å². The van der Waals surface area contributed by atoms with E-state index >= 15 is 0 Å². The second-order valence-corrected chi connectivity index (χ2v) is 4.62. The Labute approximate surface area is 125 Å². The predicted octanol–water partition coefficient (Wildman–Crippen LogP) is 1.05. The molecular formula is C15H12N4O3. The highest BCUT2D eigenvalue weighted by Gasteiger charge is 2.10. The summed E-state index contributed by atoms with van der Waals surface area (Å²) < 4.78 is 6.32. The van der Waals surface area contributed by atoms with Crippen LogP contribution < -0.4 is 11.3 Å².